The molecular weight excluding hydrogens is 300 g/mol. The molecule has 2 rings (SSSR count). The van der Waals surface area contributed by atoms with Crippen LogP contribution in [-0.4, -0.2) is 10.1 Å². The minimum Gasteiger partial charge on any atom is -0.466 e. The van der Waals surface area contributed by atoms with Gasteiger partial charge < -0.3 is 10.1 Å². The van der Waals surface area contributed by atoms with E-state index in [4.69, 9.17) is 17.0 Å². The fourth-order valence-electron chi connectivity index (χ4n) is 1.97. The first-order chi connectivity index (χ1) is 10.5. The lowest BCUT2D eigenvalue weighted by molar-refractivity contribution is -0.385. The predicted molar refractivity (Wildman–Crippen MR) is 90.0 cm³/mol. The van der Waals surface area contributed by atoms with Crippen molar-refractivity contribution >= 4 is 28.8 Å². The van der Waals surface area contributed by atoms with E-state index in [1.807, 2.05) is 44.2 Å². The highest BCUT2D eigenvalue weighted by Crippen LogP contribution is 2.24. The molecule has 0 amide bonds. The number of nitro groups is 1. The summed E-state index contributed by atoms with van der Waals surface area (Å²) in [7, 11) is 0. The minimum absolute atomic E-state index is 0.0469. The number of nitrogens with one attached hydrogen (secondary N) is 1. The van der Waals surface area contributed by atoms with Crippen LogP contribution < -0.4 is 5.32 Å². The van der Waals surface area contributed by atoms with Gasteiger partial charge in [-0.25, -0.2) is 0 Å². The molecule has 6 heteroatoms. The predicted octanol–water partition coefficient (Wildman–Crippen LogP) is 4.13. The third-order valence-corrected chi connectivity index (χ3v) is 3.49. The van der Waals surface area contributed by atoms with Gasteiger partial charge in [-0.15, -0.1) is 0 Å². The zero-order chi connectivity index (χ0) is 16.1. The van der Waals surface area contributed by atoms with Crippen molar-refractivity contribution in [2.75, 3.05) is 5.32 Å². The number of para-hydroxylation sites is 1. The molecule has 1 N–H and O–H groups in total. The van der Waals surface area contributed by atoms with E-state index in [1.165, 1.54) is 0 Å². The van der Waals surface area contributed by atoms with E-state index in [-0.39, 0.29) is 17.5 Å². The Morgan fingerprint density at radius 1 is 1.23 bits per heavy atom. The summed E-state index contributed by atoms with van der Waals surface area (Å²) in [6, 6.07) is 12.7. The van der Waals surface area contributed by atoms with Crippen LogP contribution in [-0.2, 0) is 11.3 Å². The fraction of sp³-hybridized carbons (Fsp3) is 0.188. The fourth-order valence-corrected chi connectivity index (χ4v) is 2.14. The summed E-state index contributed by atoms with van der Waals surface area (Å²) >= 11 is 5.10. The van der Waals surface area contributed by atoms with Crippen molar-refractivity contribution in [3.8, 4) is 0 Å². The number of thiocarbonyl (C=S) groups is 1. The maximum atomic E-state index is 11.1. The molecule has 0 aliphatic carbocycles. The number of hydrogen-bond acceptors (Lipinski definition) is 4. The number of aryl methyl sites for hydroxylation is 2. The molecule has 2 aromatic rings. The molecule has 0 heterocycles. The number of nitrogens with zero attached hydrogens (tertiary/aromatic N) is 1. The molecule has 0 saturated heterocycles. The second-order valence-corrected chi connectivity index (χ2v) is 5.26. The molecule has 0 unspecified atom stereocenters. The lowest BCUT2D eigenvalue weighted by atomic mass is 10.0. The molecule has 2 aromatic carbocycles. The summed E-state index contributed by atoms with van der Waals surface area (Å²) in [5.74, 6) is 0. The van der Waals surface area contributed by atoms with Gasteiger partial charge >= 0.3 is 0 Å². The molecule has 0 saturated carbocycles. The van der Waals surface area contributed by atoms with Crippen molar-refractivity contribution in [3.63, 3.8) is 0 Å². The first-order valence-electron chi connectivity index (χ1n) is 6.70. The van der Waals surface area contributed by atoms with Gasteiger partial charge in [-0.05, 0) is 55.4 Å². The van der Waals surface area contributed by atoms with Crippen LogP contribution in [0.5, 0.6) is 0 Å². The summed E-state index contributed by atoms with van der Waals surface area (Å²) in [5, 5.41) is 14.2. The van der Waals surface area contributed by atoms with Crippen LogP contribution in [0.1, 0.15) is 16.7 Å². The second-order valence-electron chi connectivity index (χ2n) is 4.89. The Kier molecular flexibility index (Phi) is 5.06. The average molecular weight is 316 g/mol. The van der Waals surface area contributed by atoms with E-state index in [1.54, 1.807) is 12.1 Å². The van der Waals surface area contributed by atoms with Gasteiger partial charge in [0, 0.05) is 11.8 Å². The second kappa shape index (κ2) is 7.00. The number of rotatable bonds is 4. The molecular formula is C16H16N2O3S. The van der Waals surface area contributed by atoms with Gasteiger partial charge in [0.05, 0.1) is 10.5 Å². The number of hydrogen-bond donors (Lipinski definition) is 1. The van der Waals surface area contributed by atoms with Gasteiger partial charge in [0.2, 0.25) is 0 Å². The van der Waals surface area contributed by atoms with E-state index < -0.39 is 4.92 Å². The molecule has 22 heavy (non-hydrogen) atoms. The normalized spacial score (nSPS) is 10.1. The summed E-state index contributed by atoms with van der Waals surface area (Å²) in [6.45, 7) is 3.80. The number of ether oxygens (including phenoxy) is 1. The van der Waals surface area contributed by atoms with E-state index in [9.17, 15) is 10.1 Å². The van der Waals surface area contributed by atoms with Crippen LogP contribution in [0.2, 0.25) is 0 Å². The van der Waals surface area contributed by atoms with Gasteiger partial charge in [-0.1, -0.05) is 18.2 Å². The maximum absolute atomic E-state index is 11.1. The topological polar surface area (TPSA) is 64.4 Å². The van der Waals surface area contributed by atoms with E-state index in [2.05, 4.69) is 5.32 Å². The first-order valence-corrected chi connectivity index (χ1v) is 7.11. The van der Waals surface area contributed by atoms with Gasteiger partial charge in [-0.2, -0.15) is 0 Å². The number of benzene rings is 2. The Labute approximate surface area is 134 Å². The number of anilines is 1. The third-order valence-electron chi connectivity index (χ3n) is 3.27. The molecule has 0 bridgehead atoms. The monoisotopic (exact) mass is 316 g/mol. The van der Waals surface area contributed by atoms with Crippen molar-refractivity contribution in [2.24, 2.45) is 0 Å². The van der Waals surface area contributed by atoms with Crippen LogP contribution in [0.4, 0.5) is 11.4 Å². The number of nitro benzene ring substituents is 1. The standard InChI is InChI=1S/C16H16N2O3S/c1-11-8-13(15(18(19)20)9-12(11)2)10-21-16(22)17-14-6-4-3-5-7-14/h3-9H,10H2,1-2H3,(H,17,22). The summed E-state index contributed by atoms with van der Waals surface area (Å²) in [5.41, 5.74) is 3.21. The van der Waals surface area contributed by atoms with Crippen molar-refractivity contribution in [1.29, 1.82) is 0 Å². The van der Waals surface area contributed by atoms with Crippen LogP contribution in [0.15, 0.2) is 42.5 Å². The van der Waals surface area contributed by atoms with Crippen molar-refractivity contribution in [1.82, 2.24) is 0 Å². The molecule has 0 aromatic heterocycles. The summed E-state index contributed by atoms with van der Waals surface area (Å²) in [6.07, 6.45) is 0. The van der Waals surface area contributed by atoms with E-state index in [0.717, 1.165) is 16.8 Å². The molecule has 0 radical (unpaired) electrons. The van der Waals surface area contributed by atoms with Crippen LogP contribution >= 0.6 is 12.2 Å². The molecule has 0 fully saturated rings. The quantitative estimate of drug-likeness (QED) is 0.522. The minimum atomic E-state index is -0.404. The lowest BCUT2D eigenvalue weighted by Crippen LogP contribution is -2.13. The van der Waals surface area contributed by atoms with Crippen molar-refractivity contribution < 1.29 is 9.66 Å². The molecule has 114 valence electrons. The van der Waals surface area contributed by atoms with E-state index >= 15 is 0 Å². The largest absolute Gasteiger partial charge is 0.466 e. The summed E-state index contributed by atoms with van der Waals surface area (Å²) in [4.78, 5) is 10.7. The molecule has 0 atom stereocenters. The average Bonchev–Trinajstić information content (AvgIpc) is 2.49. The Balaban J connectivity index is 2.06. The molecule has 0 spiro atoms. The van der Waals surface area contributed by atoms with Gasteiger partial charge in [-0.3, -0.25) is 10.1 Å². The van der Waals surface area contributed by atoms with Crippen LogP contribution in [0, 0.1) is 24.0 Å². The molecule has 5 nitrogen and oxygen atoms in total. The first kappa shape index (κ1) is 15.9. The van der Waals surface area contributed by atoms with Gasteiger partial charge in [0.1, 0.15) is 6.61 Å². The Bertz CT molecular complexity index is 702. The van der Waals surface area contributed by atoms with Crippen molar-refractivity contribution in [2.45, 2.75) is 20.5 Å². The highest BCUT2D eigenvalue weighted by Gasteiger charge is 2.16. The van der Waals surface area contributed by atoms with Crippen LogP contribution in [0.3, 0.4) is 0 Å². The third kappa shape index (κ3) is 4.02. The highest BCUT2D eigenvalue weighted by molar-refractivity contribution is 7.80. The van der Waals surface area contributed by atoms with E-state index in [0.29, 0.717) is 5.56 Å². The van der Waals surface area contributed by atoms with Gasteiger partial charge in [0.25, 0.3) is 10.9 Å². The Morgan fingerprint density at radius 3 is 2.50 bits per heavy atom. The highest BCUT2D eigenvalue weighted by atomic mass is 32.1. The molecule has 0 aliphatic heterocycles. The maximum Gasteiger partial charge on any atom is 0.276 e. The zero-order valence-corrected chi connectivity index (χ0v) is 13.1. The van der Waals surface area contributed by atoms with Crippen LogP contribution in [0.25, 0.3) is 0 Å². The Hall–Kier alpha value is -2.47. The smallest absolute Gasteiger partial charge is 0.276 e. The molecule has 0 aliphatic rings. The summed E-state index contributed by atoms with van der Waals surface area (Å²) < 4.78 is 5.43. The Morgan fingerprint density at radius 2 is 1.86 bits per heavy atom. The van der Waals surface area contributed by atoms with Gasteiger partial charge in [0.15, 0.2) is 0 Å². The lowest BCUT2D eigenvalue weighted by Gasteiger charge is -2.11. The SMILES string of the molecule is Cc1cc(COC(=S)Nc2ccccc2)c([N+](=O)[O-])cc1C. The van der Waals surface area contributed by atoms with Crippen molar-refractivity contribution in [3.05, 3.63) is 69.3 Å². The zero-order valence-electron chi connectivity index (χ0n) is 12.3.